The van der Waals surface area contributed by atoms with Gasteiger partial charge in [-0.25, -0.2) is 4.79 Å². The van der Waals surface area contributed by atoms with Crippen LogP contribution in [0, 0.1) is 0 Å². The molecule has 0 spiro atoms. The summed E-state index contributed by atoms with van der Waals surface area (Å²) in [5.41, 5.74) is 0. The van der Waals surface area contributed by atoms with E-state index in [-0.39, 0.29) is 18.2 Å². The predicted octanol–water partition coefficient (Wildman–Crippen LogP) is 3.47. The topological polar surface area (TPSA) is 120 Å². The minimum Gasteiger partial charge on any atom is -0.481 e. The summed E-state index contributed by atoms with van der Waals surface area (Å²) >= 11 is 3.16. The average Bonchev–Trinajstić information content (AvgIpc) is 3.59. The van der Waals surface area contributed by atoms with E-state index in [2.05, 4.69) is 15.6 Å². The lowest BCUT2D eigenvalue weighted by Crippen LogP contribution is -2.54. The number of nitrogens with zero attached hydrogens (tertiary/aromatic N) is 2. The molecule has 11 heteroatoms. The van der Waals surface area contributed by atoms with Crippen LogP contribution in [0.5, 0.6) is 0 Å². The molecule has 0 bridgehead atoms. The Kier molecular flexibility index (Phi) is 9.89. The summed E-state index contributed by atoms with van der Waals surface area (Å²) in [6.45, 7) is 3.70. The van der Waals surface area contributed by atoms with Crippen LogP contribution in [0.1, 0.15) is 42.4 Å². The standard InChI is InChI=1S/C23H30N4O5S2/c1-2-3-8-18(25-23(31)26-19(13-20(28)29)21-24-9-10-32-21)22(30)27(14-16-6-4-11-33-16)15-17-7-5-12-34-17/h4-7,11-12,18-19H,2-3,8-10,13-15H2,1H3,(H,28,29)(H2,25,26,31)/t18-,19-/m0/s1. The third-order valence-electron chi connectivity index (χ3n) is 5.21. The van der Waals surface area contributed by atoms with Gasteiger partial charge in [0.1, 0.15) is 18.7 Å². The molecule has 1 aliphatic heterocycles. The van der Waals surface area contributed by atoms with Gasteiger partial charge in [0.2, 0.25) is 11.8 Å². The number of carboxylic acid groups (broad SMARTS) is 1. The highest BCUT2D eigenvalue weighted by Gasteiger charge is 2.30. The summed E-state index contributed by atoms with van der Waals surface area (Å²) in [5.74, 6) is -1.05. The number of ether oxygens (including phenoxy) is 1. The Bertz CT molecular complexity index is 926. The number of carboxylic acids is 1. The highest BCUT2D eigenvalue weighted by Crippen LogP contribution is 2.19. The zero-order valence-corrected chi connectivity index (χ0v) is 20.7. The number of thiophene rings is 2. The molecular formula is C23H30N4O5S2. The summed E-state index contributed by atoms with van der Waals surface area (Å²) in [6.07, 6.45) is 1.75. The summed E-state index contributed by atoms with van der Waals surface area (Å²) < 4.78 is 5.36. The summed E-state index contributed by atoms with van der Waals surface area (Å²) in [5, 5.41) is 18.6. The van der Waals surface area contributed by atoms with Crippen LogP contribution in [0.4, 0.5) is 4.79 Å². The van der Waals surface area contributed by atoms with Gasteiger partial charge in [-0.1, -0.05) is 31.9 Å². The van der Waals surface area contributed by atoms with Gasteiger partial charge in [-0.15, -0.1) is 22.7 Å². The lowest BCUT2D eigenvalue weighted by Gasteiger charge is -2.28. The van der Waals surface area contributed by atoms with Crippen LogP contribution in [0.25, 0.3) is 0 Å². The predicted molar refractivity (Wildman–Crippen MR) is 132 cm³/mol. The van der Waals surface area contributed by atoms with E-state index in [1.165, 1.54) is 0 Å². The molecule has 184 valence electrons. The zero-order chi connectivity index (χ0) is 24.3. The fourth-order valence-electron chi connectivity index (χ4n) is 3.57. The van der Waals surface area contributed by atoms with Crippen molar-refractivity contribution in [2.75, 3.05) is 13.2 Å². The van der Waals surface area contributed by atoms with E-state index in [0.717, 1.165) is 22.6 Å². The first kappa shape index (κ1) is 25.7. The van der Waals surface area contributed by atoms with Gasteiger partial charge in [-0.05, 0) is 29.3 Å². The fourth-order valence-corrected chi connectivity index (χ4v) is 5.01. The van der Waals surface area contributed by atoms with Crippen LogP contribution in [0.15, 0.2) is 40.0 Å². The molecule has 2 aromatic rings. The number of amides is 3. The van der Waals surface area contributed by atoms with Crippen molar-refractivity contribution in [3.05, 3.63) is 44.8 Å². The van der Waals surface area contributed by atoms with Crippen LogP contribution in [-0.4, -0.2) is 59.0 Å². The molecule has 0 radical (unpaired) electrons. The SMILES string of the molecule is CCCC[C@H](NC(=O)N[C@@H](CC(=O)O)C1=NCCO1)C(=O)N(Cc1cccs1)Cc1cccs1. The Balaban J connectivity index is 1.72. The van der Waals surface area contributed by atoms with Gasteiger partial charge < -0.3 is 25.4 Å². The second-order valence-corrected chi connectivity index (χ2v) is 9.95. The lowest BCUT2D eigenvalue weighted by molar-refractivity contribution is -0.137. The molecule has 3 heterocycles. The van der Waals surface area contributed by atoms with Crippen LogP contribution in [-0.2, 0) is 27.4 Å². The first-order chi connectivity index (χ1) is 16.5. The Morgan fingerprint density at radius 3 is 2.32 bits per heavy atom. The maximum atomic E-state index is 13.6. The van der Waals surface area contributed by atoms with Crippen molar-refractivity contribution in [2.24, 2.45) is 4.99 Å². The molecule has 0 saturated carbocycles. The summed E-state index contributed by atoms with van der Waals surface area (Å²) in [7, 11) is 0. The second-order valence-electron chi connectivity index (χ2n) is 7.88. The first-order valence-corrected chi connectivity index (χ1v) is 13.0. The highest BCUT2D eigenvalue weighted by atomic mass is 32.1. The minimum atomic E-state index is -1.08. The molecule has 0 fully saturated rings. The van der Waals surface area contributed by atoms with Crippen molar-refractivity contribution in [2.45, 2.75) is 57.8 Å². The molecule has 3 amide bonds. The highest BCUT2D eigenvalue weighted by molar-refractivity contribution is 7.10. The molecule has 1 aliphatic rings. The quantitative estimate of drug-likeness (QED) is 0.384. The Hall–Kier alpha value is -2.92. The zero-order valence-electron chi connectivity index (χ0n) is 19.1. The number of hydrogen-bond acceptors (Lipinski definition) is 7. The number of rotatable bonds is 13. The number of hydrogen-bond donors (Lipinski definition) is 3. The Labute approximate surface area is 206 Å². The molecule has 34 heavy (non-hydrogen) atoms. The Morgan fingerprint density at radius 2 is 1.82 bits per heavy atom. The van der Waals surface area contributed by atoms with Crippen molar-refractivity contribution < 1.29 is 24.2 Å². The van der Waals surface area contributed by atoms with Crippen LogP contribution >= 0.6 is 22.7 Å². The normalized spacial score (nSPS) is 14.6. The molecule has 0 saturated heterocycles. The van der Waals surface area contributed by atoms with Crippen molar-refractivity contribution in [3.8, 4) is 0 Å². The third kappa shape index (κ3) is 7.84. The van der Waals surface area contributed by atoms with Gasteiger partial charge in [0.05, 0.1) is 26.1 Å². The largest absolute Gasteiger partial charge is 0.481 e. The summed E-state index contributed by atoms with van der Waals surface area (Å²) in [6, 6.07) is 5.62. The number of carbonyl (C=O) groups is 3. The molecule has 2 atom stereocenters. The van der Waals surface area contributed by atoms with Crippen LogP contribution < -0.4 is 10.6 Å². The van der Waals surface area contributed by atoms with Gasteiger partial charge in [0.25, 0.3) is 0 Å². The second kappa shape index (κ2) is 13.1. The average molecular weight is 507 g/mol. The maximum Gasteiger partial charge on any atom is 0.316 e. The van der Waals surface area contributed by atoms with E-state index in [1.807, 2.05) is 41.9 Å². The number of urea groups is 1. The van der Waals surface area contributed by atoms with Crippen molar-refractivity contribution >= 4 is 46.5 Å². The van der Waals surface area contributed by atoms with Gasteiger partial charge in [-0.2, -0.15) is 0 Å². The van der Waals surface area contributed by atoms with Crippen molar-refractivity contribution in [1.29, 1.82) is 0 Å². The number of aliphatic carboxylic acids is 1. The number of aliphatic imine (C=N–C) groups is 1. The molecule has 3 N–H and O–H groups in total. The van der Waals surface area contributed by atoms with E-state index in [1.54, 1.807) is 27.6 Å². The molecule has 0 unspecified atom stereocenters. The van der Waals surface area contributed by atoms with Gasteiger partial charge in [0, 0.05) is 9.75 Å². The third-order valence-corrected chi connectivity index (χ3v) is 6.93. The van der Waals surface area contributed by atoms with Gasteiger partial charge >= 0.3 is 12.0 Å². The summed E-state index contributed by atoms with van der Waals surface area (Å²) in [4.78, 5) is 45.7. The van der Waals surface area contributed by atoms with Crippen molar-refractivity contribution in [1.82, 2.24) is 15.5 Å². The van der Waals surface area contributed by atoms with E-state index in [4.69, 9.17) is 4.74 Å². The smallest absolute Gasteiger partial charge is 0.316 e. The fraction of sp³-hybridized carbons (Fsp3) is 0.478. The maximum absolute atomic E-state index is 13.6. The van der Waals surface area contributed by atoms with E-state index in [9.17, 15) is 19.5 Å². The van der Waals surface area contributed by atoms with Gasteiger partial charge in [-0.3, -0.25) is 14.6 Å². The minimum absolute atomic E-state index is 0.172. The first-order valence-electron chi connectivity index (χ1n) is 11.3. The molecule has 0 aromatic carbocycles. The van der Waals surface area contributed by atoms with E-state index < -0.39 is 24.1 Å². The molecule has 2 aromatic heterocycles. The Morgan fingerprint density at radius 1 is 1.15 bits per heavy atom. The monoisotopic (exact) mass is 506 g/mol. The molecule has 3 rings (SSSR count). The lowest BCUT2D eigenvalue weighted by atomic mass is 10.1. The molecule has 0 aliphatic carbocycles. The number of carbonyl (C=O) groups excluding carboxylic acids is 2. The van der Waals surface area contributed by atoms with Crippen LogP contribution in [0.2, 0.25) is 0 Å². The number of unbranched alkanes of at least 4 members (excludes halogenated alkanes) is 1. The van der Waals surface area contributed by atoms with Gasteiger partial charge in [0.15, 0.2) is 0 Å². The molecule has 9 nitrogen and oxygen atoms in total. The number of nitrogens with one attached hydrogen (secondary N) is 2. The van der Waals surface area contributed by atoms with Crippen LogP contribution in [0.3, 0.4) is 0 Å². The molecular weight excluding hydrogens is 476 g/mol. The van der Waals surface area contributed by atoms with E-state index in [0.29, 0.717) is 32.7 Å². The van der Waals surface area contributed by atoms with Crippen molar-refractivity contribution in [3.63, 3.8) is 0 Å². The van der Waals surface area contributed by atoms with E-state index >= 15 is 0 Å².